The highest BCUT2D eigenvalue weighted by Gasteiger charge is 2.36. The molecule has 4 amide bonds. The average molecular weight is 553 g/mol. The van der Waals surface area contributed by atoms with E-state index in [1.165, 1.54) is 18.2 Å². The minimum Gasteiger partial charge on any atom is -0.494 e. The van der Waals surface area contributed by atoms with E-state index >= 15 is 0 Å². The van der Waals surface area contributed by atoms with Crippen LogP contribution in [0.2, 0.25) is 0 Å². The molecule has 1 aliphatic rings. The van der Waals surface area contributed by atoms with Gasteiger partial charge in [0.25, 0.3) is 11.8 Å². The van der Waals surface area contributed by atoms with Gasteiger partial charge in [0.15, 0.2) is 0 Å². The number of anilines is 1. The van der Waals surface area contributed by atoms with E-state index in [2.05, 4.69) is 21.2 Å². The molecule has 0 aromatic heterocycles. The lowest BCUT2D eigenvalue weighted by Crippen LogP contribution is -2.54. The number of urea groups is 1. The molecular weight excluding hydrogens is 531 g/mol. The maximum atomic E-state index is 13.4. The van der Waals surface area contributed by atoms with Crippen LogP contribution < -0.4 is 19.7 Å². The number of amides is 4. The molecule has 0 bridgehead atoms. The van der Waals surface area contributed by atoms with Crippen molar-refractivity contribution in [2.75, 3.05) is 11.5 Å². The summed E-state index contributed by atoms with van der Waals surface area (Å²) in [7, 11) is 0. The van der Waals surface area contributed by atoms with Gasteiger partial charge in [-0.15, -0.1) is 0 Å². The minimum atomic E-state index is -0.827. The number of ether oxygens (including phenoxy) is 2. The van der Waals surface area contributed by atoms with E-state index in [0.717, 1.165) is 11.3 Å². The van der Waals surface area contributed by atoms with Crippen LogP contribution in [0.15, 0.2) is 76.8 Å². The number of nitrogens with one attached hydrogen (secondary N) is 1. The predicted octanol–water partition coefficient (Wildman–Crippen LogP) is 5.62. The standard InChI is InChI=1S/C27H22BrFN2O5/c1-2-12-35-21-9-7-20(8-10-21)31-26(33)22(25(32)30-27(31)34)14-17-6-11-24(23(28)15-17)36-16-18-4-3-5-19(29)13-18/h3-11,13-15H,2,12,16H2,1H3,(H,30,32,34)/b22-14-. The minimum absolute atomic E-state index is 0.164. The van der Waals surface area contributed by atoms with Crippen LogP contribution in [-0.2, 0) is 16.2 Å². The van der Waals surface area contributed by atoms with Crippen LogP contribution in [0.4, 0.5) is 14.9 Å². The molecule has 1 heterocycles. The highest BCUT2D eigenvalue weighted by Crippen LogP contribution is 2.29. The first kappa shape index (κ1) is 25.1. The van der Waals surface area contributed by atoms with Crippen LogP contribution in [0.3, 0.4) is 0 Å². The molecule has 3 aromatic rings. The predicted molar refractivity (Wildman–Crippen MR) is 136 cm³/mol. The largest absolute Gasteiger partial charge is 0.494 e. The zero-order valence-corrected chi connectivity index (χ0v) is 20.9. The summed E-state index contributed by atoms with van der Waals surface area (Å²) in [6.45, 7) is 2.70. The van der Waals surface area contributed by atoms with Crippen LogP contribution in [0, 0.1) is 5.82 Å². The smallest absolute Gasteiger partial charge is 0.335 e. The van der Waals surface area contributed by atoms with E-state index < -0.39 is 17.8 Å². The van der Waals surface area contributed by atoms with Gasteiger partial charge in [-0.25, -0.2) is 14.1 Å². The van der Waals surface area contributed by atoms with Crippen molar-refractivity contribution in [1.82, 2.24) is 5.32 Å². The Morgan fingerprint density at radius 1 is 1.00 bits per heavy atom. The molecule has 0 atom stereocenters. The first-order valence-corrected chi connectivity index (χ1v) is 12.0. The highest BCUT2D eigenvalue weighted by molar-refractivity contribution is 9.10. The molecule has 1 fully saturated rings. The Morgan fingerprint density at radius 3 is 2.47 bits per heavy atom. The van der Waals surface area contributed by atoms with Crippen molar-refractivity contribution < 1.29 is 28.2 Å². The third kappa shape index (κ3) is 5.80. The summed E-state index contributed by atoms with van der Waals surface area (Å²) in [5.74, 6) is -0.758. The van der Waals surface area contributed by atoms with E-state index in [1.807, 2.05) is 6.92 Å². The van der Waals surface area contributed by atoms with Gasteiger partial charge >= 0.3 is 6.03 Å². The van der Waals surface area contributed by atoms with Crippen LogP contribution in [0.1, 0.15) is 24.5 Å². The lowest BCUT2D eigenvalue weighted by Gasteiger charge is -2.26. The van der Waals surface area contributed by atoms with Gasteiger partial charge in [0.1, 0.15) is 29.5 Å². The fraction of sp³-hybridized carbons (Fsp3) is 0.148. The molecule has 4 rings (SSSR count). The Bertz CT molecular complexity index is 1340. The molecule has 1 saturated heterocycles. The average Bonchev–Trinajstić information content (AvgIpc) is 2.85. The summed E-state index contributed by atoms with van der Waals surface area (Å²) in [6.07, 6.45) is 2.25. The molecule has 7 nitrogen and oxygen atoms in total. The van der Waals surface area contributed by atoms with Crippen LogP contribution in [-0.4, -0.2) is 24.5 Å². The Labute approximate surface area is 215 Å². The van der Waals surface area contributed by atoms with E-state index in [-0.39, 0.29) is 18.0 Å². The van der Waals surface area contributed by atoms with Gasteiger partial charge in [-0.1, -0.05) is 25.1 Å². The van der Waals surface area contributed by atoms with E-state index in [1.54, 1.807) is 54.6 Å². The molecule has 36 heavy (non-hydrogen) atoms. The topological polar surface area (TPSA) is 84.9 Å². The van der Waals surface area contributed by atoms with Gasteiger partial charge in [0.05, 0.1) is 16.8 Å². The summed E-state index contributed by atoms with van der Waals surface area (Å²) < 4.78 is 25.2. The zero-order chi connectivity index (χ0) is 25.7. The number of carbonyl (C=O) groups excluding carboxylic acids is 3. The summed E-state index contributed by atoms with van der Waals surface area (Å²) in [5, 5.41) is 2.21. The van der Waals surface area contributed by atoms with E-state index in [4.69, 9.17) is 9.47 Å². The van der Waals surface area contributed by atoms with Crippen LogP contribution in [0.25, 0.3) is 6.08 Å². The van der Waals surface area contributed by atoms with Crippen LogP contribution in [0.5, 0.6) is 11.5 Å². The van der Waals surface area contributed by atoms with E-state index in [9.17, 15) is 18.8 Å². The maximum absolute atomic E-state index is 13.4. The molecule has 0 saturated carbocycles. The van der Waals surface area contributed by atoms with Gasteiger partial charge in [0.2, 0.25) is 0 Å². The third-order valence-corrected chi connectivity index (χ3v) is 5.84. The van der Waals surface area contributed by atoms with Crippen molar-refractivity contribution >= 4 is 45.5 Å². The maximum Gasteiger partial charge on any atom is 0.335 e. The lowest BCUT2D eigenvalue weighted by molar-refractivity contribution is -0.122. The number of hydrogen-bond acceptors (Lipinski definition) is 5. The second kappa shape index (κ2) is 11.2. The molecule has 1 N–H and O–H groups in total. The van der Waals surface area contributed by atoms with Crippen molar-refractivity contribution in [3.05, 3.63) is 93.7 Å². The number of benzene rings is 3. The molecule has 1 aliphatic heterocycles. The second-order valence-corrected chi connectivity index (χ2v) is 8.76. The Balaban J connectivity index is 1.52. The lowest BCUT2D eigenvalue weighted by atomic mass is 10.1. The Kier molecular flexibility index (Phi) is 7.80. The van der Waals surface area contributed by atoms with Crippen molar-refractivity contribution in [3.63, 3.8) is 0 Å². The second-order valence-electron chi connectivity index (χ2n) is 7.91. The van der Waals surface area contributed by atoms with Crippen molar-refractivity contribution in [3.8, 4) is 11.5 Å². The molecule has 3 aromatic carbocycles. The van der Waals surface area contributed by atoms with Gasteiger partial charge in [-0.2, -0.15) is 0 Å². The molecule has 0 aliphatic carbocycles. The van der Waals surface area contributed by atoms with Crippen molar-refractivity contribution in [2.24, 2.45) is 0 Å². The molecule has 0 radical (unpaired) electrons. The van der Waals surface area contributed by atoms with Gasteiger partial charge in [-0.3, -0.25) is 14.9 Å². The van der Waals surface area contributed by atoms with Gasteiger partial charge < -0.3 is 9.47 Å². The summed E-state index contributed by atoms with van der Waals surface area (Å²) in [5.41, 5.74) is 1.33. The normalized spacial score (nSPS) is 14.7. The number of nitrogens with zero attached hydrogens (tertiary/aromatic N) is 1. The summed E-state index contributed by atoms with van der Waals surface area (Å²) in [4.78, 5) is 38.9. The summed E-state index contributed by atoms with van der Waals surface area (Å²) in [6, 6.07) is 16.8. The zero-order valence-electron chi connectivity index (χ0n) is 19.3. The molecular formula is C27H22BrFN2O5. The SMILES string of the molecule is CCCOc1ccc(N2C(=O)NC(=O)/C(=C/c3ccc(OCc4cccc(F)c4)c(Br)c3)C2=O)cc1. The monoisotopic (exact) mass is 552 g/mol. The van der Waals surface area contributed by atoms with Crippen molar-refractivity contribution in [1.29, 1.82) is 0 Å². The molecule has 0 spiro atoms. The first-order valence-electron chi connectivity index (χ1n) is 11.2. The molecule has 0 unspecified atom stereocenters. The molecule has 184 valence electrons. The Hall–Kier alpha value is -3.98. The summed E-state index contributed by atoms with van der Waals surface area (Å²) >= 11 is 3.42. The Morgan fingerprint density at radius 2 is 1.78 bits per heavy atom. The number of barbiturate groups is 1. The number of carbonyl (C=O) groups is 3. The number of hydrogen-bond donors (Lipinski definition) is 1. The molecule has 9 heteroatoms. The fourth-order valence-electron chi connectivity index (χ4n) is 3.48. The van der Waals surface area contributed by atoms with E-state index in [0.29, 0.717) is 39.4 Å². The number of rotatable bonds is 8. The first-order chi connectivity index (χ1) is 17.4. The highest BCUT2D eigenvalue weighted by atomic mass is 79.9. The van der Waals surface area contributed by atoms with Crippen molar-refractivity contribution in [2.45, 2.75) is 20.0 Å². The quantitative estimate of drug-likeness (QED) is 0.289. The van der Waals surface area contributed by atoms with Gasteiger partial charge in [0, 0.05) is 0 Å². The number of halogens is 2. The number of imide groups is 2. The van der Waals surface area contributed by atoms with Gasteiger partial charge in [-0.05, 0) is 88.1 Å². The fourth-order valence-corrected chi connectivity index (χ4v) is 3.99. The van der Waals surface area contributed by atoms with Crippen LogP contribution >= 0.6 is 15.9 Å². The third-order valence-electron chi connectivity index (χ3n) is 5.22.